The smallest absolute Gasteiger partial charge is 0.0396 e. The van der Waals surface area contributed by atoms with Gasteiger partial charge < -0.3 is 4.90 Å². The van der Waals surface area contributed by atoms with E-state index in [9.17, 15) is 0 Å². The average Bonchev–Trinajstić information content (AvgIpc) is 2.75. The van der Waals surface area contributed by atoms with Gasteiger partial charge in [0.1, 0.15) is 0 Å². The summed E-state index contributed by atoms with van der Waals surface area (Å²) >= 11 is 1.82. The highest BCUT2D eigenvalue weighted by Crippen LogP contribution is 2.24. The first kappa shape index (κ1) is 19.8. The van der Waals surface area contributed by atoms with Crippen LogP contribution in [-0.2, 0) is 6.54 Å². The topological polar surface area (TPSA) is 9.72 Å². The third-order valence-corrected chi connectivity index (χ3v) is 7.08. The molecule has 2 aromatic carbocycles. The number of hydrogen-bond acceptors (Lipinski definition) is 4. The van der Waals surface area contributed by atoms with E-state index in [2.05, 4.69) is 76.4 Å². The van der Waals surface area contributed by atoms with E-state index in [1.54, 1.807) is 0 Å². The monoisotopic (exact) mass is 395 g/mol. The van der Waals surface area contributed by atoms with Crippen LogP contribution in [0.15, 0.2) is 53.4 Å². The van der Waals surface area contributed by atoms with Gasteiger partial charge in [0.2, 0.25) is 0 Å². The molecular formula is C24H33N3S. The lowest BCUT2D eigenvalue weighted by atomic mass is 10.0. The Morgan fingerprint density at radius 1 is 0.929 bits per heavy atom. The molecule has 0 amide bonds. The molecule has 2 saturated heterocycles. The van der Waals surface area contributed by atoms with Crippen LogP contribution < -0.4 is 4.90 Å². The predicted octanol–water partition coefficient (Wildman–Crippen LogP) is 4.50. The van der Waals surface area contributed by atoms with Gasteiger partial charge in [-0.1, -0.05) is 30.3 Å². The number of piperazine rings is 1. The van der Waals surface area contributed by atoms with Gasteiger partial charge in [-0.15, -0.1) is 11.8 Å². The fraction of sp³-hybridized carbons (Fsp3) is 0.500. The van der Waals surface area contributed by atoms with E-state index < -0.39 is 0 Å². The minimum absolute atomic E-state index is 0.721. The zero-order valence-electron chi connectivity index (χ0n) is 17.3. The van der Waals surface area contributed by atoms with Crippen LogP contribution in [0.5, 0.6) is 0 Å². The molecule has 2 heterocycles. The molecule has 2 aliphatic rings. The summed E-state index contributed by atoms with van der Waals surface area (Å²) in [5, 5.41) is 0. The molecule has 0 aromatic heterocycles. The van der Waals surface area contributed by atoms with Crippen molar-refractivity contribution in [3.63, 3.8) is 0 Å². The quantitative estimate of drug-likeness (QED) is 0.689. The minimum Gasteiger partial charge on any atom is -0.369 e. The molecule has 0 spiro atoms. The second-order valence-electron chi connectivity index (χ2n) is 8.19. The molecule has 0 aliphatic carbocycles. The Labute approximate surface area is 174 Å². The van der Waals surface area contributed by atoms with E-state index in [1.807, 2.05) is 11.8 Å². The molecule has 0 unspecified atom stereocenters. The predicted molar refractivity (Wildman–Crippen MR) is 121 cm³/mol. The van der Waals surface area contributed by atoms with Crippen molar-refractivity contribution < 1.29 is 0 Å². The average molecular weight is 396 g/mol. The summed E-state index contributed by atoms with van der Waals surface area (Å²) in [5.41, 5.74) is 4.26. The third-order valence-electron chi connectivity index (χ3n) is 6.33. The molecule has 0 radical (unpaired) electrons. The molecule has 28 heavy (non-hydrogen) atoms. The van der Waals surface area contributed by atoms with E-state index >= 15 is 0 Å². The van der Waals surface area contributed by atoms with Gasteiger partial charge in [0.25, 0.3) is 0 Å². The van der Waals surface area contributed by atoms with Gasteiger partial charge in [-0.25, -0.2) is 0 Å². The van der Waals surface area contributed by atoms with E-state index in [1.165, 1.54) is 60.7 Å². The molecule has 3 nitrogen and oxygen atoms in total. The van der Waals surface area contributed by atoms with Gasteiger partial charge in [0, 0.05) is 55.9 Å². The van der Waals surface area contributed by atoms with Crippen molar-refractivity contribution in [3.05, 3.63) is 59.7 Å². The maximum atomic E-state index is 2.75. The molecule has 0 N–H and O–H groups in total. The fourth-order valence-corrected chi connectivity index (χ4v) is 5.12. The van der Waals surface area contributed by atoms with Crippen LogP contribution in [0, 0.1) is 6.92 Å². The van der Waals surface area contributed by atoms with E-state index in [0.717, 1.165) is 25.7 Å². The highest BCUT2D eigenvalue weighted by Gasteiger charge is 2.28. The number of anilines is 1. The highest BCUT2D eigenvalue weighted by atomic mass is 32.2. The zero-order chi connectivity index (χ0) is 19.3. The Morgan fingerprint density at radius 3 is 2.39 bits per heavy atom. The molecule has 4 heteroatoms. The highest BCUT2D eigenvalue weighted by molar-refractivity contribution is 7.98. The Hall–Kier alpha value is -1.49. The second-order valence-corrected chi connectivity index (χ2v) is 9.07. The van der Waals surface area contributed by atoms with Crippen LogP contribution in [0.4, 0.5) is 5.69 Å². The van der Waals surface area contributed by atoms with Crippen LogP contribution >= 0.6 is 11.8 Å². The molecule has 1 atom stereocenters. The van der Waals surface area contributed by atoms with Crippen molar-refractivity contribution in [2.24, 2.45) is 0 Å². The van der Waals surface area contributed by atoms with Gasteiger partial charge in [0.15, 0.2) is 0 Å². The molecular weight excluding hydrogens is 362 g/mol. The lowest BCUT2D eigenvalue weighted by molar-refractivity contribution is 0.0887. The first-order chi connectivity index (χ1) is 13.7. The lowest BCUT2D eigenvalue weighted by Crippen LogP contribution is -2.55. The van der Waals surface area contributed by atoms with Gasteiger partial charge in [-0.2, -0.15) is 0 Å². The second kappa shape index (κ2) is 9.34. The number of para-hydroxylation sites is 1. The zero-order valence-corrected chi connectivity index (χ0v) is 18.1. The first-order valence-corrected chi connectivity index (χ1v) is 11.9. The molecule has 2 fully saturated rings. The number of benzene rings is 2. The van der Waals surface area contributed by atoms with Crippen molar-refractivity contribution in [2.75, 3.05) is 50.4 Å². The van der Waals surface area contributed by atoms with E-state index in [-0.39, 0.29) is 0 Å². The number of nitrogens with zero attached hydrogens (tertiary/aromatic N) is 3. The van der Waals surface area contributed by atoms with E-state index in [0.29, 0.717) is 0 Å². The Bertz CT molecular complexity index is 753. The SMILES string of the molecule is CSc1ccc(CN2CCC[C@@H](N3CCN(c4ccccc4C)CC3)C2)cc1. The number of hydrogen-bond donors (Lipinski definition) is 0. The van der Waals surface area contributed by atoms with Crippen molar-refractivity contribution in [3.8, 4) is 0 Å². The number of thioether (sulfide) groups is 1. The molecule has 0 saturated carbocycles. The number of aryl methyl sites for hydroxylation is 1. The standard InChI is InChI=1S/C24H33N3S/c1-20-6-3-4-8-24(20)27-16-14-26(15-17-27)22-7-5-13-25(19-22)18-21-9-11-23(28-2)12-10-21/h3-4,6,8-12,22H,5,7,13-19H2,1-2H3/t22-/m1/s1. The van der Waals surface area contributed by atoms with Gasteiger partial charge >= 0.3 is 0 Å². The van der Waals surface area contributed by atoms with Crippen LogP contribution in [-0.4, -0.2) is 61.4 Å². The van der Waals surface area contributed by atoms with Crippen molar-refractivity contribution >= 4 is 17.4 Å². The van der Waals surface area contributed by atoms with Crippen LogP contribution in [0.25, 0.3) is 0 Å². The van der Waals surface area contributed by atoms with Gasteiger partial charge in [0.05, 0.1) is 0 Å². The number of piperidine rings is 1. The fourth-order valence-electron chi connectivity index (χ4n) is 4.71. The third kappa shape index (κ3) is 4.73. The largest absolute Gasteiger partial charge is 0.369 e. The summed E-state index contributed by atoms with van der Waals surface area (Å²) in [7, 11) is 0. The van der Waals surface area contributed by atoms with Gasteiger partial charge in [-0.05, 0) is 61.9 Å². The Morgan fingerprint density at radius 2 is 1.68 bits per heavy atom. The maximum absolute atomic E-state index is 2.75. The van der Waals surface area contributed by atoms with Crippen molar-refractivity contribution in [2.45, 2.75) is 37.2 Å². The van der Waals surface area contributed by atoms with E-state index in [4.69, 9.17) is 0 Å². The van der Waals surface area contributed by atoms with Crippen molar-refractivity contribution in [1.29, 1.82) is 0 Å². The number of likely N-dealkylation sites (tertiary alicyclic amines) is 1. The molecule has 150 valence electrons. The Balaban J connectivity index is 1.31. The molecule has 2 aliphatic heterocycles. The summed E-state index contributed by atoms with van der Waals surface area (Å²) in [6.45, 7) is 10.5. The Kier molecular flexibility index (Phi) is 6.61. The summed E-state index contributed by atoms with van der Waals surface area (Å²) < 4.78 is 0. The lowest BCUT2D eigenvalue weighted by Gasteiger charge is -2.44. The van der Waals surface area contributed by atoms with Crippen LogP contribution in [0.3, 0.4) is 0 Å². The maximum Gasteiger partial charge on any atom is 0.0396 e. The summed E-state index contributed by atoms with van der Waals surface area (Å²) in [6.07, 6.45) is 4.82. The number of rotatable bonds is 5. The summed E-state index contributed by atoms with van der Waals surface area (Å²) in [4.78, 5) is 9.33. The molecule has 0 bridgehead atoms. The van der Waals surface area contributed by atoms with Crippen LogP contribution in [0.2, 0.25) is 0 Å². The molecule has 2 aromatic rings. The minimum atomic E-state index is 0.721. The molecule has 4 rings (SSSR count). The summed E-state index contributed by atoms with van der Waals surface area (Å²) in [5.74, 6) is 0. The van der Waals surface area contributed by atoms with Crippen molar-refractivity contribution in [1.82, 2.24) is 9.80 Å². The van der Waals surface area contributed by atoms with Crippen LogP contribution in [0.1, 0.15) is 24.0 Å². The van der Waals surface area contributed by atoms with Gasteiger partial charge in [-0.3, -0.25) is 9.80 Å². The first-order valence-electron chi connectivity index (χ1n) is 10.6. The normalized spacial score (nSPS) is 21.8. The summed E-state index contributed by atoms with van der Waals surface area (Å²) in [6, 6.07) is 18.6.